The molecular formula is C10H17F2N. The van der Waals surface area contributed by atoms with Gasteiger partial charge in [0.25, 0.3) is 5.92 Å². The lowest BCUT2D eigenvalue weighted by molar-refractivity contribution is -0.140. The maximum absolute atomic E-state index is 13.7. The molecule has 1 saturated carbocycles. The van der Waals surface area contributed by atoms with Gasteiger partial charge in [0.2, 0.25) is 0 Å². The average molecular weight is 189 g/mol. The van der Waals surface area contributed by atoms with Crippen molar-refractivity contribution in [1.82, 2.24) is 5.32 Å². The Bertz CT molecular complexity index is 201. The molecule has 0 radical (unpaired) electrons. The molecule has 1 N–H and O–H groups in total. The average Bonchev–Trinajstić information content (AvgIpc) is 1.92. The summed E-state index contributed by atoms with van der Waals surface area (Å²) < 4.78 is 27.3. The fourth-order valence-electron chi connectivity index (χ4n) is 2.48. The Morgan fingerprint density at radius 3 is 2.38 bits per heavy atom. The van der Waals surface area contributed by atoms with Crippen LogP contribution in [0.3, 0.4) is 0 Å². The second-order valence-corrected chi connectivity index (χ2v) is 4.56. The second kappa shape index (κ2) is 2.91. The molecule has 2 rings (SSSR count). The molecule has 3 heteroatoms. The van der Waals surface area contributed by atoms with Gasteiger partial charge >= 0.3 is 0 Å². The number of piperidine rings is 1. The van der Waals surface area contributed by atoms with Gasteiger partial charge in [-0.15, -0.1) is 0 Å². The second-order valence-electron chi connectivity index (χ2n) is 4.56. The van der Waals surface area contributed by atoms with Crippen LogP contribution >= 0.6 is 0 Å². The van der Waals surface area contributed by atoms with Gasteiger partial charge in [0.15, 0.2) is 0 Å². The van der Waals surface area contributed by atoms with Crippen LogP contribution in [0.15, 0.2) is 0 Å². The van der Waals surface area contributed by atoms with Crippen molar-refractivity contribution in [2.45, 2.75) is 50.5 Å². The van der Waals surface area contributed by atoms with E-state index in [1.807, 2.05) is 0 Å². The topological polar surface area (TPSA) is 12.0 Å². The van der Waals surface area contributed by atoms with E-state index in [0.29, 0.717) is 6.42 Å². The third-order valence-electron chi connectivity index (χ3n) is 3.84. The molecule has 0 aromatic heterocycles. The van der Waals surface area contributed by atoms with E-state index < -0.39 is 11.5 Å². The zero-order chi connectivity index (χ0) is 9.53. The molecule has 1 unspecified atom stereocenters. The lowest BCUT2D eigenvalue weighted by Crippen LogP contribution is -2.65. The number of alkyl halides is 2. The molecule has 0 bridgehead atoms. The van der Waals surface area contributed by atoms with Crippen LogP contribution in [-0.4, -0.2) is 18.0 Å². The largest absolute Gasteiger partial charge is 0.306 e. The predicted octanol–water partition coefficient (Wildman–Crippen LogP) is 2.56. The molecule has 1 saturated heterocycles. The fraction of sp³-hybridized carbons (Fsp3) is 1.00. The summed E-state index contributed by atoms with van der Waals surface area (Å²) in [5, 5.41) is 3.04. The number of rotatable bonds is 1. The lowest BCUT2D eigenvalue weighted by Gasteiger charge is -2.50. The van der Waals surface area contributed by atoms with E-state index in [4.69, 9.17) is 0 Å². The summed E-state index contributed by atoms with van der Waals surface area (Å²) in [7, 11) is 0. The van der Waals surface area contributed by atoms with Crippen molar-refractivity contribution in [2.24, 2.45) is 5.92 Å². The van der Waals surface area contributed by atoms with E-state index in [-0.39, 0.29) is 12.3 Å². The van der Waals surface area contributed by atoms with Crippen molar-refractivity contribution in [1.29, 1.82) is 0 Å². The molecule has 1 nitrogen and oxygen atoms in total. The number of hydrogen-bond acceptors (Lipinski definition) is 1. The molecule has 13 heavy (non-hydrogen) atoms. The first-order valence-corrected chi connectivity index (χ1v) is 5.19. The Kier molecular flexibility index (Phi) is 2.10. The van der Waals surface area contributed by atoms with Gasteiger partial charge in [-0.25, -0.2) is 8.78 Å². The summed E-state index contributed by atoms with van der Waals surface area (Å²) in [5.74, 6) is -2.31. The van der Waals surface area contributed by atoms with Crippen LogP contribution in [0.5, 0.6) is 0 Å². The normalized spacial score (nSPS) is 39.9. The fourth-order valence-corrected chi connectivity index (χ4v) is 2.48. The zero-order valence-electron chi connectivity index (χ0n) is 8.08. The Hall–Kier alpha value is -0.180. The van der Waals surface area contributed by atoms with E-state index in [2.05, 4.69) is 5.32 Å². The van der Waals surface area contributed by atoms with E-state index >= 15 is 0 Å². The minimum atomic E-state index is -2.50. The van der Waals surface area contributed by atoms with Gasteiger partial charge < -0.3 is 5.32 Å². The van der Waals surface area contributed by atoms with Crippen LogP contribution in [0, 0.1) is 5.92 Å². The van der Waals surface area contributed by atoms with Crippen LogP contribution in [0.25, 0.3) is 0 Å². The number of nitrogens with one attached hydrogen (secondary N) is 1. The van der Waals surface area contributed by atoms with Crippen molar-refractivity contribution < 1.29 is 8.78 Å². The van der Waals surface area contributed by atoms with Gasteiger partial charge in [-0.2, -0.15) is 0 Å². The molecule has 1 aliphatic carbocycles. The van der Waals surface area contributed by atoms with Crippen molar-refractivity contribution in [3.8, 4) is 0 Å². The third-order valence-corrected chi connectivity index (χ3v) is 3.84. The summed E-state index contributed by atoms with van der Waals surface area (Å²) >= 11 is 0. The molecule has 1 heterocycles. The Labute approximate surface area is 77.9 Å². The minimum absolute atomic E-state index is 0.0625. The highest BCUT2D eigenvalue weighted by Gasteiger charge is 2.56. The first kappa shape index (κ1) is 9.38. The molecular weight excluding hydrogens is 172 g/mol. The highest BCUT2D eigenvalue weighted by atomic mass is 19.3. The highest BCUT2D eigenvalue weighted by molar-refractivity contribution is 5.06. The Balaban J connectivity index is 2.16. The molecule has 1 atom stereocenters. The van der Waals surface area contributed by atoms with Crippen molar-refractivity contribution in [2.75, 3.05) is 6.54 Å². The summed E-state index contributed by atoms with van der Waals surface area (Å²) in [4.78, 5) is 0. The molecule has 76 valence electrons. The SMILES string of the molecule is CC1(C2CCC2)NCCCC1(F)F. The highest BCUT2D eigenvalue weighted by Crippen LogP contribution is 2.47. The summed E-state index contributed by atoms with van der Waals surface area (Å²) in [5.41, 5.74) is -0.913. The standard InChI is InChI=1S/C10H17F2N/c1-9(8-4-2-5-8)10(11,12)6-3-7-13-9/h8,13H,2-7H2,1H3. The minimum Gasteiger partial charge on any atom is -0.306 e. The van der Waals surface area contributed by atoms with Gasteiger partial charge in [-0.3, -0.25) is 0 Å². The van der Waals surface area contributed by atoms with E-state index in [1.54, 1.807) is 6.92 Å². The maximum Gasteiger partial charge on any atom is 0.265 e. The van der Waals surface area contributed by atoms with Gasteiger partial charge in [0, 0.05) is 6.42 Å². The van der Waals surface area contributed by atoms with E-state index in [0.717, 1.165) is 25.8 Å². The molecule has 0 amide bonds. The van der Waals surface area contributed by atoms with Crippen LogP contribution in [0.4, 0.5) is 8.78 Å². The number of halogens is 2. The molecule has 0 aromatic carbocycles. The maximum atomic E-state index is 13.7. The van der Waals surface area contributed by atoms with Crippen LogP contribution in [0.2, 0.25) is 0 Å². The monoisotopic (exact) mass is 189 g/mol. The van der Waals surface area contributed by atoms with Crippen LogP contribution in [0.1, 0.15) is 39.0 Å². The molecule has 0 spiro atoms. The van der Waals surface area contributed by atoms with Crippen molar-refractivity contribution >= 4 is 0 Å². The molecule has 1 aliphatic heterocycles. The number of hydrogen-bond donors (Lipinski definition) is 1. The van der Waals surface area contributed by atoms with E-state index in [9.17, 15) is 8.78 Å². The molecule has 2 aliphatic rings. The first-order chi connectivity index (χ1) is 6.06. The zero-order valence-corrected chi connectivity index (χ0v) is 8.08. The van der Waals surface area contributed by atoms with E-state index in [1.165, 1.54) is 0 Å². The van der Waals surface area contributed by atoms with Gasteiger partial charge in [-0.1, -0.05) is 6.42 Å². The molecule has 2 fully saturated rings. The van der Waals surface area contributed by atoms with Crippen LogP contribution in [-0.2, 0) is 0 Å². The Morgan fingerprint density at radius 1 is 1.23 bits per heavy atom. The Morgan fingerprint density at radius 2 is 1.92 bits per heavy atom. The summed E-state index contributed by atoms with van der Waals surface area (Å²) in [6.07, 6.45) is 3.73. The first-order valence-electron chi connectivity index (χ1n) is 5.19. The van der Waals surface area contributed by atoms with Gasteiger partial charge in [-0.05, 0) is 38.6 Å². The summed E-state index contributed by atoms with van der Waals surface area (Å²) in [6, 6.07) is 0. The van der Waals surface area contributed by atoms with Gasteiger partial charge in [0.05, 0.1) is 5.54 Å². The van der Waals surface area contributed by atoms with Crippen molar-refractivity contribution in [3.63, 3.8) is 0 Å². The third kappa shape index (κ3) is 1.28. The van der Waals surface area contributed by atoms with Crippen molar-refractivity contribution in [3.05, 3.63) is 0 Å². The van der Waals surface area contributed by atoms with Crippen LogP contribution < -0.4 is 5.32 Å². The molecule has 0 aromatic rings. The smallest absolute Gasteiger partial charge is 0.265 e. The summed E-state index contributed by atoms with van der Waals surface area (Å²) in [6.45, 7) is 2.46. The quantitative estimate of drug-likeness (QED) is 0.668. The van der Waals surface area contributed by atoms with Gasteiger partial charge in [0.1, 0.15) is 0 Å². The lowest BCUT2D eigenvalue weighted by atomic mass is 9.66. The predicted molar refractivity (Wildman–Crippen MR) is 47.9 cm³/mol.